The highest BCUT2D eigenvalue weighted by Crippen LogP contribution is 2.23. The van der Waals surface area contributed by atoms with Crippen LogP contribution in [0.4, 0.5) is 5.95 Å². The standard InChI is InChI=1S/C12H18N4S/c1-9(2)8-15-12-14-4-6-16(12)10(3)11-13-5-7-17-11/h4-7,9-10H,8H2,1-3H3,(H,14,15). The number of rotatable bonds is 5. The fourth-order valence-electron chi connectivity index (χ4n) is 1.62. The third-order valence-corrected chi connectivity index (χ3v) is 3.51. The summed E-state index contributed by atoms with van der Waals surface area (Å²) in [5.74, 6) is 1.52. The molecule has 92 valence electrons. The fraction of sp³-hybridized carbons (Fsp3) is 0.500. The second-order valence-electron chi connectivity index (χ2n) is 4.48. The molecule has 0 amide bonds. The quantitative estimate of drug-likeness (QED) is 0.887. The van der Waals surface area contributed by atoms with E-state index >= 15 is 0 Å². The average Bonchev–Trinajstić information content (AvgIpc) is 2.96. The van der Waals surface area contributed by atoms with E-state index in [0.717, 1.165) is 17.5 Å². The van der Waals surface area contributed by atoms with E-state index in [9.17, 15) is 0 Å². The van der Waals surface area contributed by atoms with E-state index in [4.69, 9.17) is 0 Å². The third kappa shape index (κ3) is 2.85. The second-order valence-corrected chi connectivity index (χ2v) is 5.41. The molecule has 0 radical (unpaired) electrons. The molecule has 2 aromatic rings. The predicted octanol–water partition coefficient (Wildman–Crippen LogP) is 3.02. The molecule has 17 heavy (non-hydrogen) atoms. The van der Waals surface area contributed by atoms with Gasteiger partial charge in [0.25, 0.3) is 0 Å². The van der Waals surface area contributed by atoms with Crippen LogP contribution in [-0.2, 0) is 0 Å². The molecule has 1 N–H and O–H groups in total. The van der Waals surface area contributed by atoms with Gasteiger partial charge in [-0.2, -0.15) is 0 Å². The summed E-state index contributed by atoms with van der Waals surface area (Å²) in [4.78, 5) is 8.70. The Balaban J connectivity index is 2.13. The molecule has 1 atom stereocenters. The van der Waals surface area contributed by atoms with Gasteiger partial charge < -0.3 is 9.88 Å². The molecule has 0 aliphatic heterocycles. The van der Waals surface area contributed by atoms with Crippen LogP contribution in [-0.4, -0.2) is 21.1 Å². The summed E-state index contributed by atoms with van der Waals surface area (Å²) in [6, 6.07) is 0.229. The predicted molar refractivity (Wildman–Crippen MR) is 71.5 cm³/mol. The second kappa shape index (κ2) is 5.31. The maximum Gasteiger partial charge on any atom is 0.203 e. The summed E-state index contributed by atoms with van der Waals surface area (Å²) >= 11 is 1.67. The first-order chi connectivity index (χ1) is 8.18. The molecule has 0 saturated carbocycles. The molecule has 1 unspecified atom stereocenters. The van der Waals surface area contributed by atoms with Gasteiger partial charge in [-0.05, 0) is 12.8 Å². The van der Waals surface area contributed by atoms with Crippen molar-refractivity contribution in [2.45, 2.75) is 26.8 Å². The van der Waals surface area contributed by atoms with Crippen molar-refractivity contribution in [2.24, 2.45) is 5.92 Å². The Labute approximate surface area is 106 Å². The molecular formula is C12H18N4S. The minimum Gasteiger partial charge on any atom is -0.355 e. The van der Waals surface area contributed by atoms with E-state index in [1.165, 1.54) is 0 Å². The molecular weight excluding hydrogens is 232 g/mol. The zero-order valence-corrected chi connectivity index (χ0v) is 11.2. The fourth-order valence-corrected chi connectivity index (χ4v) is 2.31. The van der Waals surface area contributed by atoms with Crippen molar-refractivity contribution in [1.29, 1.82) is 0 Å². The lowest BCUT2D eigenvalue weighted by molar-refractivity contribution is 0.625. The summed E-state index contributed by atoms with van der Waals surface area (Å²) in [6.07, 6.45) is 5.66. The van der Waals surface area contributed by atoms with Gasteiger partial charge in [0.1, 0.15) is 5.01 Å². The zero-order chi connectivity index (χ0) is 12.3. The minimum absolute atomic E-state index is 0.229. The topological polar surface area (TPSA) is 42.7 Å². The Kier molecular flexibility index (Phi) is 3.78. The van der Waals surface area contributed by atoms with E-state index in [1.54, 1.807) is 11.3 Å². The Morgan fingerprint density at radius 3 is 2.76 bits per heavy atom. The van der Waals surface area contributed by atoms with Crippen molar-refractivity contribution in [3.8, 4) is 0 Å². The summed E-state index contributed by atoms with van der Waals surface area (Å²) in [6.45, 7) is 7.44. The molecule has 0 fully saturated rings. The zero-order valence-electron chi connectivity index (χ0n) is 10.4. The van der Waals surface area contributed by atoms with Gasteiger partial charge in [0.05, 0.1) is 6.04 Å². The molecule has 0 spiro atoms. The number of aromatic nitrogens is 3. The number of hydrogen-bond acceptors (Lipinski definition) is 4. The summed E-state index contributed by atoms with van der Waals surface area (Å²) in [5, 5.41) is 6.48. The number of nitrogens with zero attached hydrogens (tertiary/aromatic N) is 3. The highest BCUT2D eigenvalue weighted by molar-refractivity contribution is 7.09. The van der Waals surface area contributed by atoms with Crippen LogP contribution in [0.3, 0.4) is 0 Å². The first kappa shape index (κ1) is 12.1. The van der Waals surface area contributed by atoms with Crippen molar-refractivity contribution >= 4 is 17.3 Å². The first-order valence-electron chi connectivity index (χ1n) is 5.84. The Morgan fingerprint density at radius 1 is 1.29 bits per heavy atom. The number of nitrogens with one attached hydrogen (secondary N) is 1. The van der Waals surface area contributed by atoms with Crippen LogP contribution in [0.2, 0.25) is 0 Å². The molecule has 2 rings (SSSR count). The minimum atomic E-state index is 0.229. The van der Waals surface area contributed by atoms with Gasteiger partial charge in [-0.3, -0.25) is 0 Å². The monoisotopic (exact) mass is 250 g/mol. The molecule has 2 heterocycles. The number of thiazole rings is 1. The van der Waals surface area contributed by atoms with E-state index in [0.29, 0.717) is 5.92 Å². The lowest BCUT2D eigenvalue weighted by Gasteiger charge is -2.15. The molecule has 0 aromatic carbocycles. The van der Waals surface area contributed by atoms with Gasteiger partial charge in [-0.1, -0.05) is 13.8 Å². The molecule has 0 bridgehead atoms. The summed E-state index contributed by atoms with van der Waals surface area (Å²) < 4.78 is 2.13. The molecule has 2 aromatic heterocycles. The van der Waals surface area contributed by atoms with Crippen LogP contribution < -0.4 is 5.32 Å². The highest BCUT2D eigenvalue weighted by atomic mass is 32.1. The van der Waals surface area contributed by atoms with Crippen LogP contribution in [0.1, 0.15) is 31.8 Å². The third-order valence-electron chi connectivity index (χ3n) is 2.56. The first-order valence-corrected chi connectivity index (χ1v) is 6.72. The molecule has 5 heteroatoms. The van der Waals surface area contributed by atoms with E-state index in [-0.39, 0.29) is 6.04 Å². The average molecular weight is 250 g/mol. The highest BCUT2D eigenvalue weighted by Gasteiger charge is 2.13. The lowest BCUT2D eigenvalue weighted by Crippen LogP contribution is -2.15. The van der Waals surface area contributed by atoms with Crippen LogP contribution in [0.25, 0.3) is 0 Å². The van der Waals surface area contributed by atoms with E-state index < -0.39 is 0 Å². The summed E-state index contributed by atoms with van der Waals surface area (Å²) in [7, 11) is 0. The number of anilines is 1. The largest absolute Gasteiger partial charge is 0.355 e. The Morgan fingerprint density at radius 2 is 2.12 bits per heavy atom. The molecule has 0 aliphatic rings. The van der Waals surface area contributed by atoms with Crippen LogP contribution in [0, 0.1) is 5.92 Å². The van der Waals surface area contributed by atoms with Crippen molar-refractivity contribution in [3.05, 3.63) is 29.0 Å². The van der Waals surface area contributed by atoms with Crippen molar-refractivity contribution in [2.75, 3.05) is 11.9 Å². The van der Waals surface area contributed by atoms with E-state index in [1.807, 2.05) is 24.0 Å². The van der Waals surface area contributed by atoms with Crippen molar-refractivity contribution in [3.63, 3.8) is 0 Å². The van der Waals surface area contributed by atoms with Crippen LogP contribution in [0.15, 0.2) is 24.0 Å². The Bertz CT molecular complexity index is 447. The van der Waals surface area contributed by atoms with Gasteiger partial charge in [0.2, 0.25) is 5.95 Å². The molecule has 4 nitrogen and oxygen atoms in total. The lowest BCUT2D eigenvalue weighted by atomic mass is 10.2. The van der Waals surface area contributed by atoms with Gasteiger partial charge in [0, 0.05) is 30.5 Å². The number of hydrogen-bond donors (Lipinski definition) is 1. The van der Waals surface area contributed by atoms with Gasteiger partial charge in [-0.15, -0.1) is 11.3 Å². The number of imidazole rings is 1. The van der Waals surface area contributed by atoms with Gasteiger partial charge >= 0.3 is 0 Å². The van der Waals surface area contributed by atoms with Gasteiger partial charge in [0.15, 0.2) is 0 Å². The maximum absolute atomic E-state index is 4.35. The smallest absolute Gasteiger partial charge is 0.203 e. The van der Waals surface area contributed by atoms with Crippen molar-refractivity contribution < 1.29 is 0 Å². The Hall–Kier alpha value is -1.36. The normalized spacial score (nSPS) is 12.9. The molecule has 0 aliphatic carbocycles. The van der Waals surface area contributed by atoms with E-state index in [2.05, 4.69) is 40.6 Å². The van der Waals surface area contributed by atoms with Crippen LogP contribution in [0.5, 0.6) is 0 Å². The maximum atomic E-state index is 4.35. The van der Waals surface area contributed by atoms with Gasteiger partial charge in [-0.25, -0.2) is 9.97 Å². The summed E-state index contributed by atoms with van der Waals surface area (Å²) in [5.41, 5.74) is 0. The van der Waals surface area contributed by atoms with Crippen LogP contribution >= 0.6 is 11.3 Å². The van der Waals surface area contributed by atoms with Crippen molar-refractivity contribution in [1.82, 2.24) is 14.5 Å². The SMILES string of the molecule is CC(C)CNc1nccn1C(C)c1nccs1. The molecule has 0 saturated heterocycles.